The Kier molecular flexibility index (Phi) is 3.02. The SMILES string of the molecule is C/C=C/c1cc(-c2ccc(Br)cc2)no1. The van der Waals surface area contributed by atoms with Gasteiger partial charge < -0.3 is 4.52 Å². The molecule has 1 aromatic carbocycles. The van der Waals surface area contributed by atoms with Crippen LogP contribution in [0.4, 0.5) is 0 Å². The van der Waals surface area contributed by atoms with Crippen LogP contribution in [-0.2, 0) is 0 Å². The van der Waals surface area contributed by atoms with E-state index in [1.54, 1.807) is 0 Å². The number of nitrogens with zero attached hydrogens (tertiary/aromatic N) is 1. The number of halogens is 1. The van der Waals surface area contributed by atoms with Crippen LogP contribution < -0.4 is 0 Å². The van der Waals surface area contributed by atoms with Gasteiger partial charge in [0, 0.05) is 16.1 Å². The summed E-state index contributed by atoms with van der Waals surface area (Å²) in [6, 6.07) is 9.89. The second-order valence-corrected chi connectivity index (χ2v) is 4.04. The third-order valence-corrected chi connectivity index (χ3v) is 2.53. The van der Waals surface area contributed by atoms with Crippen LogP contribution in [0.25, 0.3) is 17.3 Å². The molecule has 2 rings (SSSR count). The van der Waals surface area contributed by atoms with E-state index < -0.39 is 0 Å². The fourth-order valence-electron chi connectivity index (χ4n) is 1.29. The summed E-state index contributed by atoms with van der Waals surface area (Å²) < 4.78 is 6.20. The summed E-state index contributed by atoms with van der Waals surface area (Å²) in [4.78, 5) is 0. The molecule has 2 aromatic rings. The zero-order valence-corrected chi connectivity index (χ0v) is 9.86. The molecule has 0 fully saturated rings. The Bertz CT molecular complexity index is 471. The Morgan fingerprint density at radius 3 is 2.67 bits per heavy atom. The fraction of sp³-hybridized carbons (Fsp3) is 0.0833. The summed E-state index contributed by atoms with van der Waals surface area (Å²) >= 11 is 3.39. The molecule has 1 aromatic heterocycles. The molecule has 0 radical (unpaired) electrons. The quantitative estimate of drug-likeness (QED) is 0.814. The van der Waals surface area contributed by atoms with Crippen LogP contribution in [0.1, 0.15) is 12.7 Å². The summed E-state index contributed by atoms with van der Waals surface area (Å²) in [6.07, 6.45) is 3.81. The third kappa shape index (κ3) is 2.36. The molecule has 1 heterocycles. The molecule has 0 aliphatic carbocycles. The van der Waals surface area contributed by atoms with Gasteiger partial charge in [0.15, 0.2) is 5.76 Å². The highest BCUT2D eigenvalue weighted by molar-refractivity contribution is 9.10. The lowest BCUT2D eigenvalue weighted by Gasteiger charge is -1.94. The average molecular weight is 264 g/mol. The van der Waals surface area contributed by atoms with Crippen molar-refractivity contribution < 1.29 is 4.52 Å². The molecule has 0 amide bonds. The van der Waals surface area contributed by atoms with E-state index in [4.69, 9.17) is 4.52 Å². The highest BCUT2D eigenvalue weighted by atomic mass is 79.9. The van der Waals surface area contributed by atoms with Crippen LogP contribution >= 0.6 is 15.9 Å². The van der Waals surface area contributed by atoms with Crippen LogP contribution in [0.3, 0.4) is 0 Å². The largest absolute Gasteiger partial charge is 0.356 e. The third-order valence-electron chi connectivity index (χ3n) is 2.00. The molecule has 2 nitrogen and oxygen atoms in total. The first-order valence-electron chi connectivity index (χ1n) is 4.65. The lowest BCUT2D eigenvalue weighted by molar-refractivity contribution is 0.415. The van der Waals surface area contributed by atoms with Crippen molar-refractivity contribution in [3.63, 3.8) is 0 Å². The number of rotatable bonds is 2. The van der Waals surface area contributed by atoms with Crippen molar-refractivity contribution in [2.24, 2.45) is 0 Å². The maximum absolute atomic E-state index is 5.14. The van der Waals surface area contributed by atoms with Crippen molar-refractivity contribution >= 4 is 22.0 Å². The first kappa shape index (κ1) is 10.2. The first-order chi connectivity index (χ1) is 7.29. The van der Waals surface area contributed by atoms with Gasteiger partial charge in [-0.05, 0) is 25.1 Å². The van der Waals surface area contributed by atoms with E-state index in [2.05, 4.69) is 21.1 Å². The molecule has 3 heteroatoms. The second-order valence-electron chi connectivity index (χ2n) is 3.12. The highest BCUT2D eigenvalue weighted by Gasteiger charge is 2.03. The number of hydrogen-bond donors (Lipinski definition) is 0. The summed E-state index contributed by atoms with van der Waals surface area (Å²) in [5.74, 6) is 0.774. The molecule has 0 spiro atoms. The molecule has 76 valence electrons. The van der Waals surface area contributed by atoms with Gasteiger partial charge in [-0.15, -0.1) is 0 Å². The van der Waals surface area contributed by atoms with Crippen LogP contribution in [0.5, 0.6) is 0 Å². The van der Waals surface area contributed by atoms with Gasteiger partial charge in [0.1, 0.15) is 5.69 Å². The van der Waals surface area contributed by atoms with Gasteiger partial charge in [0.2, 0.25) is 0 Å². The van der Waals surface area contributed by atoms with Crippen LogP contribution in [0.2, 0.25) is 0 Å². The van der Waals surface area contributed by atoms with E-state index >= 15 is 0 Å². The van der Waals surface area contributed by atoms with Crippen LogP contribution in [0.15, 0.2) is 45.4 Å². The number of aromatic nitrogens is 1. The maximum Gasteiger partial charge on any atom is 0.159 e. The van der Waals surface area contributed by atoms with Crippen LogP contribution in [-0.4, -0.2) is 5.16 Å². The zero-order chi connectivity index (χ0) is 10.7. The molecule has 0 aliphatic heterocycles. The minimum Gasteiger partial charge on any atom is -0.356 e. The van der Waals surface area contributed by atoms with E-state index in [1.807, 2.05) is 49.4 Å². The Morgan fingerprint density at radius 2 is 2.00 bits per heavy atom. The van der Waals surface area contributed by atoms with Crippen molar-refractivity contribution in [3.8, 4) is 11.3 Å². The van der Waals surface area contributed by atoms with Crippen LogP contribution in [0, 0.1) is 0 Å². The predicted molar refractivity (Wildman–Crippen MR) is 64.3 cm³/mol. The van der Waals surface area contributed by atoms with E-state index in [9.17, 15) is 0 Å². The Labute approximate surface area is 96.7 Å². The Balaban J connectivity index is 2.33. The molecule has 0 atom stereocenters. The van der Waals surface area contributed by atoms with Crippen molar-refractivity contribution in [3.05, 3.63) is 46.6 Å². The average Bonchev–Trinajstić information content (AvgIpc) is 2.68. The summed E-state index contributed by atoms with van der Waals surface area (Å²) in [6.45, 7) is 1.95. The summed E-state index contributed by atoms with van der Waals surface area (Å²) in [5.41, 5.74) is 1.91. The molecule has 15 heavy (non-hydrogen) atoms. The Morgan fingerprint density at radius 1 is 1.27 bits per heavy atom. The van der Waals surface area contributed by atoms with E-state index in [0.717, 1.165) is 21.5 Å². The van der Waals surface area contributed by atoms with E-state index in [0.29, 0.717) is 0 Å². The molecular formula is C12H10BrNO. The van der Waals surface area contributed by atoms with E-state index in [1.165, 1.54) is 0 Å². The standard InChI is InChI=1S/C12H10BrNO/c1-2-3-11-8-12(14-15-11)9-4-6-10(13)7-5-9/h2-8H,1H3/b3-2+. The monoisotopic (exact) mass is 263 g/mol. The molecule has 0 bridgehead atoms. The predicted octanol–water partition coefficient (Wildman–Crippen LogP) is 4.14. The van der Waals surface area contributed by atoms with Crippen molar-refractivity contribution in [1.29, 1.82) is 0 Å². The zero-order valence-electron chi connectivity index (χ0n) is 8.27. The lowest BCUT2D eigenvalue weighted by Crippen LogP contribution is -1.75. The first-order valence-corrected chi connectivity index (χ1v) is 5.44. The van der Waals surface area contributed by atoms with Gasteiger partial charge in [-0.2, -0.15) is 0 Å². The van der Waals surface area contributed by atoms with Gasteiger partial charge in [-0.3, -0.25) is 0 Å². The normalized spacial score (nSPS) is 11.1. The summed E-state index contributed by atoms with van der Waals surface area (Å²) in [7, 11) is 0. The second kappa shape index (κ2) is 4.45. The van der Waals surface area contributed by atoms with Crippen molar-refractivity contribution in [2.45, 2.75) is 6.92 Å². The summed E-state index contributed by atoms with van der Waals surface area (Å²) in [5, 5.41) is 3.99. The molecule has 0 saturated heterocycles. The molecule has 0 unspecified atom stereocenters. The van der Waals surface area contributed by atoms with Gasteiger partial charge >= 0.3 is 0 Å². The smallest absolute Gasteiger partial charge is 0.159 e. The molecule has 0 saturated carbocycles. The maximum atomic E-state index is 5.14. The minimum atomic E-state index is 0.774. The number of benzene rings is 1. The Hall–Kier alpha value is -1.35. The number of hydrogen-bond acceptors (Lipinski definition) is 2. The van der Waals surface area contributed by atoms with Gasteiger partial charge in [0.25, 0.3) is 0 Å². The lowest BCUT2D eigenvalue weighted by atomic mass is 10.1. The number of allylic oxidation sites excluding steroid dienone is 1. The molecule has 0 aliphatic rings. The topological polar surface area (TPSA) is 26.0 Å². The molecule has 0 N–H and O–H groups in total. The van der Waals surface area contributed by atoms with Gasteiger partial charge in [-0.1, -0.05) is 39.3 Å². The highest BCUT2D eigenvalue weighted by Crippen LogP contribution is 2.21. The minimum absolute atomic E-state index is 0.774. The van der Waals surface area contributed by atoms with Gasteiger partial charge in [-0.25, -0.2) is 0 Å². The van der Waals surface area contributed by atoms with Crippen molar-refractivity contribution in [1.82, 2.24) is 5.16 Å². The fourth-order valence-corrected chi connectivity index (χ4v) is 1.55. The van der Waals surface area contributed by atoms with Crippen molar-refractivity contribution in [2.75, 3.05) is 0 Å². The van der Waals surface area contributed by atoms with Gasteiger partial charge in [0.05, 0.1) is 0 Å². The van der Waals surface area contributed by atoms with E-state index in [-0.39, 0.29) is 0 Å². The molecular weight excluding hydrogens is 254 g/mol.